The van der Waals surface area contributed by atoms with Gasteiger partial charge in [-0.15, -0.1) is 0 Å². The van der Waals surface area contributed by atoms with Crippen molar-refractivity contribution in [1.82, 2.24) is 4.98 Å². The Morgan fingerprint density at radius 1 is 1.14 bits per heavy atom. The molecule has 7 heteroatoms. The highest BCUT2D eigenvalue weighted by molar-refractivity contribution is 6.33. The number of hydrogen-bond acceptors (Lipinski definition) is 3. The van der Waals surface area contributed by atoms with Crippen LogP contribution < -0.4 is 4.90 Å². The predicted molar refractivity (Wildman–Crippen MR) is 80.0 cm³/mol. The Labute approximate surface area is 130 Å². The van der Waals surface area contributed by atoms with Gasteiger partial charge in [0, 0.05) is 16.9 Å². The number of amides is 1. The van der Waals surface area contributed by atoms with E-state index >= 15 is 0 Å². The Hall–Kier alpha value is -2.11. The number of benzene rings is 1. The van der Waals surface area contributed by atoms with Gasteiger partial charge in [-0.3, -0.25) is 14.5 Å². The second-order valence-electron chi connectivity index (χ2n) is 4.10. The molecule has 2 aromatic rings. The number of rotatable bonds is 4. The van der Waals surface area contributed by atoms with Gasteiger partial charge in [0.05, 0.1) is 5.56 Å². The average Bonchev–Trinajstić information content (AvgIpc) is 2.45. The molecule has 0 atom stereocenters. The highest BCUT2D eigenvalue weighted by Crippen LogP contribution is 2.22. The van der Waals surface area contributed by atoms with Gasteiger partial charge >= 0.3 is 5.97 Å². The SMILES string of the molecule is O=C(O)CN(C(=O)c1cccnc1Cl)c1ccc(Cl)cc1. The smallest absolute Gasteiger partial charge is 0.323 e. The zero-order valence-electron chi connectivity index (χ0n) is 10.7. The summed E-state index contributed by atoms with van der Waals surface area (Å²) in [6, 6.07) is 9.32. The molecule has 0 saturated heterocycles. The lowest BCUT2D eigenvalue weighted by molar-refractivity contribution is -0.135. The number of hydrogen-bond donors (Lipinski definition) is 1. The number of carbonyl (C=O) groups is 2. The van der Waals surface area contributed by atoms with Gasteiger partial charge in [0.1, 0.15) is 11.7 Å². The maximum Gasteiger partial charge on any atom is 0.323 e. The molecular weight excluding hydrogens is 315 g/mol. The van der Waals surface area contributed by atoms with Crippen LogP contribution in [-0.4, -0.2) is 28.5 Å². The number of carboxylic acids is 1. The fourth-order valence-electron chi connectivity index (χ4n) is 1.73. The van der Waals surface area contributed by atoms with Crippen LogP contribution in [0.4, 0.5) is 5.69 Å². The lowest BCUT2D eigenvalue weighted by Gasteiger charge is -2.21. The molecule has 0 saturated carbocycles. The first-order valence-corrected chi connectivity index (χ1v) is 6.64. The van der Waals surface area contributed by atoms with E-state index in [2.05, 4.69) is 4.98 Å². The van der Waals surface area contributed by atoms with Gasteiger partial charge in [-0.2, -0.15) is 0 Å². The van der Waals surface area contributed by atoms with Crippen LogP contribution >= 0.6 is 23.2 Å². The summed E-state index contributed by atoms with van der Waals surface area (Å²) >= 11 is 11.7. The second kappa shape index (κ2) is 6.56. The molecule has 1 aromatic heterocycles. The van der Waals surface area contributed by atoms with E-state index < -0.39 is 18.4 Å². The van der Waals surface area contributed by atoms with Crippen molar-refractivity contribution in [2.24, 2.45) is 0 Å². The van der Waals surface area contributed by atoms with Crippen LogP contribution in [0, 0.1) is 0 Å². The molecule has 5 nitrogen and oxygen atoms in total. The minimum Gasteiger partial charge on any atom is -0.480 e. The lowest BCUT2D eigenvalue weighted by Crippen LogP contribution is -2.36. The molecule has 0 spiro atoms. The van der Waals surface area contributed by atoms with E-state index in [0.717, 1.165) is 4.90 Å². The molecule has 108 valence electrons. The number of carboxylic acid groups (broad SMARTS) is 1. The van der Waals surface area contributed by atoms with Crippen LogP contribution in [0.3, 0.4) is 0 Å². The van der Waals surface area contributed by atoms with Gasteiger partial charge in [0.25, 0.3) is 5.91 Å². The number of aliphatic carboxylic acids is 1. The minimum absolute atomic E-state index is 0.0202. The Morgan fingerprint density at radius 3 is 2.38 bits per heavy atom. The molecule has 0 radical (unpaired) electrons. The summed E-state index contributed by atoms with van der Waals surface area (Å²) in [7, 11) is 0. The fraction of sp³-hybridized carbons (Fsp3) is 0.0714. The van der Waals surface area contributed by atoms with E-state index in [0.29, 0.717) is 10.7 Å². The van der Waals surface area contributed by atoms with Crippen LogP contribution in [0.15, 0.2) is 42.6 Å². The Morgan fingerprint density at radius 2 is 1.81 bits per heavy atom. The van der Waals surface area contributed by atoms with Crippen molar-refractivity contribution < 1.29 is 14.7 Å². The van der Waals surface area contributed by atoms with E-state index in [4.69, 9.17) is 28.3 Å². The first-order chi connectivity index (χ1) is 9.99. The first kappa shape index (κ1) is 15.3. The van der Waals surface area contributed by atoms with Gasteiger partial charge in [0.15, 0.2) is 0 Å². The fourth-order valence-corrected chi connectivity index (χ4v) is 2.05. The normalized spacial score (nSPS) is 10.2. The van der Waals surface area contributed by atoms with Gasteiger partial charge in [-0.25, -0.2) is 4.98 Å². The summed E-state index contributed by atoms with van der Waals surface area (Å²) in [5.41, 5.74) is 0.544. The zero-order valence-corrected chi connectivity index (χ0v) is 12.2. The van der Waals surface area contributed by atoms with Crippen molar-refractivity contribution in [1.29, 1.82) is 0 Å². The molecule has 0 fully saturated rings. The Balaban J connectivity index is 2.40. The number of nitrogens with zero attached hydrogens (tertiary/aromatic N) is 2. The second-order valence-corrected chi connectivity index (χ2v) is 4.90. The topological polar surface area (TPSA) is 70.5 Å². The molecule has 21 heavy (non-hydrogen) atoms. The van der Waals surface area contributed by atoms with Gasteiger partial charge in [-0.05, 0) is 36.4 Å². The third-order valence-electron chi connectivity index (χ3n) is 2.67. The monoisotopic (exact) mass is 324 g/mol. The molecule has 2 rings (SSSR count). The highest BCUT2D eigenvalue weighted by atomic mass is 35.5. The van der Waals surface area contributed by atoms with Crippen molar-refractivity contribution >= 4 is 40.8 Å². The summed E-state index contributed by atoms with van der Waals surface area (Å²) in [5.74, 6) is -1.68. The van der Waals surface area contributed by atoms with E-state index in [1.807, 2.05) is 0 Å². The molecular formula is C14H10Cl2N2O3. The predicted octanol–water partition coefficient (Wildman–Crippen LogP) is 3.12. The van der Waals surface area contributed by atoms with Gasteiger partial charge in [0.2, 0.25) is 0 Å². The maximum atomic E-state index is 12.5. The quantitative estimate of drug-likeness (QED) is 0.877. The Kier molecular flexibility index (Phi) is 4.77. The summed E-state index contributed by atoms with van der Waals surface area (Å²) < 4.78 is 0. The van der Waals surface area contributed by atoms with Crippen molar-refractivity contribution in [3.05, 3.63) is 58.3 Å². The van der Waals surface area contributed by atoms with Crippen LogP contribution in [0.25, 0.3) is 0 Å². The molecule has 1 aromatic carbocycles. The van der Waals surface area contributed by atoms with E-state index in [-0.39, 0.29) is 10.7 Å². The summed E-state index contributed by atoms with van der Waals surface area (Å²) in [4.78, 5) is 28.4. The van der Waals surface area contributed by atoms with Crippen LogP contribution in [0.1, 0.15) is 10.4 Å². The van der Waals surface area contributed by atoms with E-state index in [9.17, 15) is 9.59 Å². The number of aromatic nitrogens is 1. The molecule has 1 N–H and O–H groups in total. The summed E-state index contributed by atoms with van der Waals surface area (Å²) in [5, 5.41) is 9.50. The van der Waals surface area contributed by atoms with Gasteiger partial charge < -0.3 is 5.11 Å². The lowest BCUT2D eigenvalue weighted by atomic mass is 10.2. The number of halogens is 2. The van der Waals surface area contributed by atoms with Crippen LogP contribution in [-0.2, 0) is 4.79 Å². The number of pyridine rings is 1. The van der Waals surface area contributed by atoms with Crippen molar-refractivity contribution in [2.75, 3.05) is 11.4 Å². The standard InChI is InChI=1S/C14H10Cl2N2O3/c15-9-3-5-10(6-4-9)18(8-12(19)20)14(21)11-2-1-7-17-13(11)16/h1-7H,8H2,(H,19,20). The van der Waals surface area contributed by atoms with Gasteiger partial charge in [-0.1, -0.05) is 23.2 Å². The minimum atomic E-state index is -1.14. The third-order valence-corrected chi connectivity index (χ3v) is 3.22. The maximum absolute atomic E-state index is 12.5. The van der Waals surface area contributed by atoms with E-state index in [1.165, 1.54) is 12.3 Å². The molecule has 1 amide bonds. The van der Waals surface area contributed by atoms with Crippen molar-refractivity contribution in [2.45, 2.75) is 0 Å². The molecule has 0 aliphatic carbocycles. The number of carbonyl (C=O) groups excluding carboxylic acids is 1. The zero-order chi connectivity index (χ0) is 15.4. The highest BCUT2D eigenvalue weighted by Gasteiger charge is 2.22. The molecule has 1 heterocycles. The Bertz CT molecular complexity index is 674. The average molecular weight is 325 g/mol. The summed E-state index contributed by atoms with van der Waals surface area (Å²) in [6.45, 7) is -0.494. The van der Waals surface area contributed by atoms with E-state index in [1.54, 1.807) is 30.3 Å². The first-order valence-electron chi connectivity index (χ1n) is 5.89. The largest absolute Gasteiger partial charge is 0.480 e. The third kappa shape index (κ3) is 3.71. The number of anilines is 1. The molecule has 0 bridgehead atoms. The molecule has 0 unspecified atom stereocenters. The van der Waals surface area contributed by atoms with Crippen molar-refractivity contribution in [3.63, 3.8) is 0 Å². The molecule has 0 aliphatic heterocycles. The van der Waals surface area contributed by atoms with Crippen molar-refractivity contribution in [3.8, 4) is 0 Å². The molecule has 0 aliphatic rings. The van der Waals surface area contributed by atoms with Crippen LogP contribution in [0.5, 0.6) is 0 Å². The summed E-state index contributed by atoms with van der Waals surface area (Å²) in [6.07, 6.45) is 1.45. The van der Waals surface area contributed by atoms with Crippen LogP contribution in [0.2, 0.25) is 10.2 Å².